The summed E-state index contributed by atoms with van der Waals surface area (Å²) in [5.74, 6) is 3.66. The molecule has 0 fully saturated rings. The van der Waals surface area contributed by atoms with Crippen molar-refractivity contribution < 1.29 is 170 Å². The van der Waals surface area contributed by atoms with Crippen molar-refractivity contribution in [3.8, 4) is 23.0 Å². The number of ether oxygens (including phenoxy) is 4. The maximum atomic E-state index is 9.87. The van der Waals surface area contributed by atoms with Crippen molar-refractivity contribution in [3.05, 3.63) is 119 Å². The summed E-state index contributed by atoms with van der Waals surface area (Å²) < 4.78 is 23.1. The van der Waals surface area contributed by atoms with Gasteiger partial charge in [-0.2, -0.15) is 72.8 Å². The third-order valence-electron chi connectivity index (χ3n) is 11.5. The zero-order valence-electron chi connectivity index (χ0n) is 38.2. The Morgan fingerprint density at radius 1 is 0.462 bits per heavy atom. The van der Waals surface area contributed by atoms with Gasteiger partial charge in [0, 0.05) is 154 Å². The normalized spacial score (nSPS) is 19.9. The Morgan fingerprint density at radius 2 is 0.692 bits per heavy atom. The van der Waals surface area contributed by atoms with Gasteiger partial charge in [-0.3, -0.25) is 0 Å². The van der Waals surface area contributed by atoms with Crippen LogP contribution in [0.15, 0.2) is 72.8 Å². The molecule has 8 rings (SSSR count). The number of fused-ring (bicyclic) bond motifs is 4. The smallest absolute Gasteiger partial charge is 0.121 e. The van der Waals surface area contributed by atoms with E-state index in [9.17, 15) is 20.4 Å². The third kappa shape index (κ3) is 21.6. The van der Waals surface area contributed by atoms with Gasteiger partial charge in [0.2, 0.25) is 0 Å². The van der Waals surface area contributed by atoms with E-state index in [0.717, 1.165) is 125 Å². The van der Waals surface area contributed by atoms with Gasteiger partial charge in [0.25, 0.3) is 0 Å². The van der Waals surface area contributed by atoms with Crippen LogP contribution in [0, 0.1) is 24.3 Å². The predicted molar refractivity (Wildman–Crippen MR) is 247 cm³/mol. The number of hydrogen-bond donors (Lipinski definition) is 4. The average molecular weight is 1210 g/mol. The summed E-state index contributed by atoms with van der Waals surface area (Å²) in [5.41, 5.74) is 4.82. The maximum absolute atomic E-state index is 9.87. The van der Waals surface area contributed by atoms with Crippen LogP contribution in [0.1, 0.15) is 121 Å². The summed E-state index contributed by atoms with van der Waals surface area (Å²) in [6.07, 6.45) is 13.2. The Labute approximate surface area is 494 Å². The fourth-order valence-corrected chi connectivity index (χ4v) is 8.35. The molecule has 1 unspecified atom stereocenters. The Balaban J connectivity index is 0.000000819. The molecular weight excluding hydrogens is 1140 g/mol. The summed E-state index contributed by atoms with van der Waals surface area (Å²) >= 11 is 0. The third-order valence-corrected chi connectivity index (χ3v) is 11.8. The molecule has 4 aromatic rings. The summed E-state index contributed by atoms with van der Waals surface area (Å²) in [4.78, 5) is 0. The molecule has 4 aromatic carbocycles. The van der Waals surface area contributed by atoms with Gasteiger partial charge < -0.3 is 39.4 Å². The van der Waals surface area contributed by atoms with Crippen LogP contribution in [-0.2, 0) is 157 Å². The number of benzene rings is 4. The summed E-state index contributed by atoms with van der Waals surface area (Å²) in [6.45, 7) is 6.23. The second-order valence-corrected chi connectivity index (χ2v) is 16.7. The van der Waals surface area contributed by atoms with Gasteiger partial charge in [0.1, 0.15) is 24.4 Å². The Morgan fingerprint density at radius 3 is 0.908 bits per heavy atom. The Hall–Kier alpha value is 0.766. The predicted octanol–water partition coefficient (Wildman–Crippen LogP) is 9.46. The van der Waals surface area contributed by atoms with E-state index in [-0.39, 0.29) is 187 Å². The van der Waals surface area contributed by atoms with Crippen molar-refractivity contribution >= 4 is 9.24 Å². The van der Waals surface area contributed by atoms with Gasteiger partial charge in [-0.15, -0.1) is 55.8 Å². The summed E-state index contributed by atoms with van der Waals surface area (Å²) in [7, 11) is 2.63. The minimum Gasteiger partial charge on any atom is -0.513 e. The molecule has 0 bridgehead atoms. The first kappa shape index (κ1) is 65.8. The van der Waals surface area contributed by atoms with E-state index in [4.69, 9.17) is 18.9 Å². The van der Waals surface area contributed by atoms with Crippen LogP contribution in [0.5, 0.6) is 23.0 Å². The van der Waals surface area contributed by atoms with Crippen LogP contribution in [0.4, 0.5) is 0 Å². The van der Waals surface area contributed by atoms with Crippen LogP contribution in [0.3, 0.4) is 0 Å². The molecule has 4 N–H and O–H groups in total. The Kier molecular flexibility index (Phi) is 37.1. The van der Waals surface area contributed by atoms with E-state index in [2.05, 4.69) is 54.3 Å². The first-order valence-electron chi connectivity index (χ1n) is 22.3. The number of hydrogen-bond acceptors (Lipinski definition) is 8. The molecule has 348 valence electrons. The van der Waals surface area contributed by atoms with Crippen molar-refractivity contribution in [3.63, 3.8) is 0 Å². The molecule has 4 heterocycles. The van der Waals surface area contributed by atoms with Crippen molar-refractivity contribution in [2.75, 3.05) is 6.16 Å². The van der Waals surface area contributed by atoms with Crippen molar-refractivity contribution in [2.24, 2.45) is 0 Å². The molecule has 0 saturated heterocycles. The fraction of sp³-hybridized carbons (Fsp3) is 0.538. The van der Waals surface area contributed by atoms with Crippen LogP contribution in [0.25, 0.3) is 0 Å². The van der Waals surface area contributed by atoms with Gasteiger partial charge >= 0.3 is 0 Å². The number of aryl methyl sites for hydroxylation is 4. The molecule has 13 heteroatoms. The van der Waals surface area contributed by atoms with Gasteiger partial charge in [0.05, 0.1) is 24.4 Å². The standard InChI is InChI=1S/3C13H17O2.C12H16O2P.CH4.4Y/c3*1-2-5-11(14)13-9-8-10-6-3-4-7-12(10)15-13;13-10(7-8-15)12-6-5-9-3-1-2-4-11(9)14-12;;;;;/h3*4,6-7,11,13-14H,2,5,8-9H2,1H3;2-4,10,12-13H,5-8,15H2;1H4;;;;/q4*-1;;;;;/t11-,13+;2*11-,13-;10-,12+;;;;;/m1100...../s1. The Bertz CT molecular complexity index is 1580. The minimum atomic E-state index is -0.347. The van der Waals surface area contributed by atoms with Crippen LogP contribution < -0.4 is 18.9 Å². The van der Waals surface area contributed by atoms with Gasteiger partial charge in [-0.05, 0) is 57.5 Å². The maximum Gasteiger partial charge on any atom is 0.121 e. The van der Waals surface area contributed by atoms with E-state index in [1.54, 1.807) is 0 Å². The molecule has 65 heavy (non-hydrogen) atoms. The molecule has 0 aromatic heterocycles. The van der Waals surface area contributed by atoms with E-state index in [1.807, 2.05) is 72.8 Å². The second-order valence-electron chi connectivity index (χ2n) is 16.1. The SMILES string of the molecule is C.CCC[C@@H](O)[C@@H]1CCc2c[c-]ccc2O1.CCC[C@@H](O)[C@H]1CCc2c[c-]ccc2O1.CCC[C@H](O)[C@@H]1CCc2c[c-]ccc2O1.O[C@@H](CCP)[C@H]1CCc2c[c-]ccc2O1.[Y].[Y].[Y].[Y]. The van der Waals surface area contributed by atoms with Crippen LogP contribution in [-0.4, -0.2) is 75.4 Å². The van der Waals surface area contributed by atoms with Crippen molar-refractivity contribution in [1.82, 2.24) is 0 Å². The van der Waals surface area contributed by atoms with Crippen molar-refractivity contribution in [1.29, 1.82) is 0 Å². The zero-order valence-corrected chi connectivity index (χ0v) is 50.7. The molecule has 0 saturated carbocycles. The van der Waals surface area contributed by atoms with Crippen molar-refractivity contribution in [2.45, 2.75) is 173 Å². The fourth-order valence-electron chi connectivity index (χ4n) is 8.01. The first-order valence-corrected chi connectivity index (χ1v) is 23.1. The van der Waals surface area contributed by atoms with E-state index < -0.39 is 0 Å². The molecule has 0 spiro atoms. The molecule has 9 atom stereocenters. The quantitative estimate of drug-likeness (QED) is 0.0820. The molecule has 0 aliphatic carbocycles. The average Bonchev–Trinajstić information content (AvgIpc) is 3.29. The molecular formula is C52H71O8PY4-4. The van der Waals surface area contributed by atoms with Crippen LogP contribution >= 0.6 is 9.24 Å². The number of aliphatic hydroxyl groups is 4. The molecule has 0 amide bonds. The monoisotopic (exact) mass is 1210 g/mol. The van der Waals surface area contributed by atoms with E-state index in [0.29, 0.717) is 0 Å². The first-order chi connectivity index (χ1) is 29.2. The number of rotatable bonds is 12. The van der Waals surface area contributed by atoms with Gasteiger partial charge in [-0.25, -0.2) is 0 Å². The second kappa shape index (κ2) is 36.7. The van der Waals surface area contributed by atoms with Gasteiger partial charge in [-0.1, -0.05) is 73.1 Å². The number of aliphatic hydroxyl groups excluding tert-OH is 4. The molecule has 4 aliphatic rings. The minimum absolute atomic E-state index is 0. The molecule has 4 aliphatic heterocycles. The largest absolute Gasteiger partial charge is 0.513 e. The topological polar surface area (TPSA) is 118 Å². The molecule has 4 radical (unpaired) electrons. The van der Waals surface area contributed by atoms with Crippen LogP contribution in [0.2, 0.25) is 0 Å². The van der Waals surface area contributed by atoms with E-state index in [1.165, 1.54) is 22.3 Å². The van der Waals surface area contributed by atoms with Gasteiger partial charge in [0.15, 0.2) is 0 Å². The summed E-state index contributed by atoms with van der Waals surface area (Å²) in [6, 6.07) is 35.2. The molecule has 8 nitrogen and oxygen atoms in total. The zero-order chi connectivity index (χ0) is 42.7. The summed E-state index contributed by atoms with van der Waals surface area (Å²) in [5, 5.41) is 39.5. The van der Waals surface area contributed by atoms with E-state index >= 15 is 0 Å².